The van der Waals surface area contributed by atoms with E-state index in [0.29, 0.717) is 5.78 Å². The molecule has 0 unspecified atom stereocenters. The lowest BCUT2D eigenvalue weighted by Crippen LogP contribution is -2.47. The largest absolute Gasteiger partial charge is 0.368 e. The van der Waals surface area contributed by atoms with Crippen LogP contribution in [0.5, 0.6) is 0 Å². The Labute approximate surface area is 185 Å². The second-order valence-electron chi connectivity index (χ2n) is 7.78. The van der Waals surface area contributed by atoms with Crippen molar-refractivity contribution in [1.29, 1.82) is 0 Å². The third kappa shape index (κ3) is 3.35. The highest BCUT2D eigenvalue weighted by atomic mass is 15.4. The molecule has 4 heterocycles. The maximum absolute atomic E-state index is 4.82. The quantitative estimate of drug-likeness (QED) is 0.443. The Kier molecular flexibility index (Phi) is 4.53. The normalized spacial score (nSPS) is 14.2. The number of nitrogens with zero attached hydrogens (tertiary/aromatic N) is 8. The average Bonchev–Trinajstić information content (AvgIpc) is 3.55. The predicted molar refractivity (Wildman–Crippen MR) is 124 cm³/mol. The summed E-state index contributed by atoms with van der Waals surface area (Å²) in [6, 6.07) is 20.8. The highest BCUT2D eigenvalue weighted by molar-refractivity contribution is 5.63. The number of hydrogen-bond donors (Lipinski definition) is 0. The Morgan fingerprint density at radius 2 is 1.50 bits per heavy atom. The number of fused-ring (bicyclic) bond motifs is 1. The Morgan fingerprint density at radius 3 is 2.25 bits per heavy atom. The molecule has 5 aromatic rings. The van der Waals surface area contributed by atoms with Gasteiger partial charge in [-0.05, 0) is 30.3 Å². The molecule has 0 spiro atoms. The van der Waals surface area contributed by atoms with E-state index in [1.807, 2.05) is 21.3 Å². The molecule has 0 N–H and O–H groups in total. The molecule has 1 saturated heterocycles. The van der Waals surface area contributed by atoms with E-state index in [-0.39, 0.29) is 0 Å². The van der Waals surface area contributed by atoms with Gasteiger partial charge in [0.2, 0.25) is 5.95 Å². The topological polar surface area (TPSA) is 67.4 Å². The molecule has 0 atom stereocenters. The zero-order valence-electron chi connectivity index (χ0n) is 17.5. The standard InChI is InChI=1S/C24H22N8/c1-2-4-20(5-3-1)29-14-16-30(17-15-29)24-27-23-26-11-10-22(32(23)28-24)19-6-8-21(9-7-19)31-13-12-25-18-31/h1-13,18H,14-17H2. The van der Waals surface area contributed by atoms with Crippen LogP contribution in [-0.2, 0) is 0 Å². The fraction of sp³-hybridized carbons (Fsp3) is 0.167. The van der Waals surface area contributed by atoms with Crippen LogP contribution in [0.25, 0.3) is 22.7 Å². The number of imidazole rings is 1. The third-order valence-electron chi connectivity index (χ3n) is 5.88. The Morgan fingerprint density at radius 1 is 0.719 bits per heavy atom. The van der Waals surface area contributed by atoms with E-state index < -0.39 is 0 Å². The summed E-state index contributed by atoms with van der Waals surface area (Å²) in [6.07, 6.45) is 7.29. The number of anilines is 2. The second kappa shape index (κ2) is 7.81. The fourth-order valence-corrected chi connectivity index (χ4v) is 4.16. The summed E-state index contributed by atoms with van der Waals surface area (Å²) < 4.78 is 3.82. The summed E-state index contributed by atoms with van der Waals surface area (Å²) in [4.78, 5) is 17.9. The summed E-state index contributed by atoms with van der Waals surface area (Å²) in [5.74, 6) is 1.34. The molecular formula is C24H22N8. The van der Waals surface area contributed by atoms with Crippen molar-refractivity contribution in [2.45, 2.75) is 0 Å². The zero-order chi connectivity index (χ0) is 21.3. The van der Waals surface area contributed by atoms with Crippen LogP contribution >= 0.6 is 0 Å². The van der Waals surface area contributed by atoms with Crippen molar-refractivity contribution < 1.29 is 0 Å². The smallest absolute Gasteiger partial charge is 0.254 e. The van der Waals surface area contributed by atoms with Crippen LogP contribution < -0.4 is 9.80 Å². The molecule has 1 aliphatic rings. The average molecular weight is 422 g/mol. The molecule has 1 fully saturated rings. The van der Waals surface area contributed by atoms with Crippen LogP contribution in [0.3, 0.4) is 0 Å². The van der Waals surface area contributed by atoms with Crippen LogP contribution in [0.4, 0.5) is 11.6 Å². The second-order valence-corrected chi connectivity index (χ2v) is 7.78. The monoisotopic (exact) mass is 422 g/mol. The van der Waals surface area contributed by atoms with Crippen molar-refractivity contribution in [2.75, 3.05) is 36.0 Å². The van der Waals surface area contributed by atoms with E-state index in [4.69, 9.17) is 10.1 Å². The summed E-state index contributed by atoms with van der Waals surface area (Å²) in [5, 5.41) is 4.82. The van der Waals surface area contributed by atoms with Crippen molar-refractivity contribution >= 4 is 17.4 Å². The van der Waals surface area contributed by atoms with Crippen molar-refractivity contribution in [3.63, 3.8) is 0 Å². The van der Waals surface area contributed by atoms with Crippen molar-refractivity contribution in [1.82, 2.24) is 29.1 Å². The van der Waals surface area contributed by atoms with Crippen molar-refractivity contribution in [2.24, 2.45) is 0 Å². The van der Waals surface area contributed by atoms with E-state index in [9.17, 15) is 0 Å². The van der Waals surface area contributed by atoms with Gasteiger partial charge in [0.15, 0.2) is 0 Å². The molecule has 0 amide bonds. The number of rotatable bonds is 4. The van der Waals surface area contributed by atoms with E-state index in [1.54, 1.807) is 18.7 Å². The molecule has 0 bridgehead atoms. The lowest BCUT2D eigenvalue weighted by atomic mass is 10.1. The van der Waals surface area contributed by atoms with E-state index in [2.05, 4.69) is 74.4 Å². The molecule has 0 radical (unpaired) electrons. The first-order valence-electron chi connectivity index (χ1n) is 10.7. The third-order valence-corrected chi connectivity index (χ3v) is 5.88. The van der Waals surface area contributed by atoms with Gasteiger partial charge in [-0.2, -0.15) is 9.50 Å². The molecule has 32 heavy (non-hydrogen) atoms. The van der Waals surface area contributed by atoms with Crippen LogP contribution in [0.15, 0.2) is 85.6 Å². The summed E-state index contributed by atoms with van der Waals surface area (Å²) in [5.41, 5.74) is 4.35. The first kappa shape index (κ1) is 18.6. The molecule has 158 valence electrons. The number of piperazine rings is 1. The molecule has 0 aliphatic carbocycles. The first-order valence-corrected chi connectivity index (χ1v) is 10.7. The lowest BCUT2D eigenvalue weighted by molar-refractivity contribution is 0.640. The highest BCUT2D eigenvalue weighted by Gasteiger charge is 2.21. The Hall–Kier alpha value is -4.20. The van der Waals surface area contributed by atoms with Gasteiger partial charge in [0.25, 0.3) is 5.78 Å². The van der Waals surface area contributed by atoms with E-state index in [0.717, 1.165) is 49.1 Å². The van der Waals surface area contributed by atoms with Gasteiger partial charge >= 0.3 is 0 Å². The molecule has 8 nitrogen and oxygen atoms in total. The van der Waals surface area contributed by atoms with Gasteiger partial charge < -0.3 is 14.4 Å². The molecule has 6 rings (SSSR count). The van der Waals surface area contributed by atoms with Crippen LogP contribution in [0.2, 0.25) is 0 Å². The molecule has 0 saturated carbocycles. The maximum atomic E-state index is 4.82. The zero-order valence-corrected chi connectivity index (χ0v) is 17.5. The fourth-order valence-electron chi connectivity index (χ4n) is 4.16. The van der Waals surface area contributed by atoms with Gasteiger partial charge in [-0.25, -0.2) is 9.97 Å². The summed E-state index contributed by atoms with van der Waals surface area (Å²) in [7, 11) is 0. The molecule has 2 aromatic carbocycles. The van der Waals surface area contributed by atoms with Crippen LogP contribution in [-0.4, -0.2) is 55.3 Å². The Balaban J connectivity index is 1.25. The Bertz CT molecular complexity index is 1320. The van der Waals surface area contributed by atoms with Gasteiger partial charge in [0, 0.05) is 61.7 Å². The molecule has 8 heteroatoms. The SMILES string of the molecule is c1ccc(N2CCN(c3nc4nccc(-c5ccc(-n6ccnc6)cc5)n4n3)CC2)cc1. The van der Waals surface area contributed by atoms with Gasteiger partial charge in [-0.3, -0.25) is 0 Å². The number of benzene rings is 2. The number of hydrogen-bond acceptors (Lipinski definition) is 6. The van der Waals surface area contributed by atoms with Gasteiger partial charge in [-0.1, -0.05) is 30.3 Å². The minimum Gasteiger partial charge on any atom is -0.368 e. The molecular weight excluding hydrogens is 400 g/mol. The van der Waals surface area contributed by atoms with Crippen LogP contribution in [0, 0.1) is 0 Å². The number of para-hydroxylation sites is 1. The van der Waals surface area contributed by atoms with Gasteiger partial charge in [-0.15, -0.1) is 5.10 Å². The number of aromatic nitrogens is 6. The van der Waals surface area contributed by atoms with Gasteiger partial charge in [0.05, 0.1) is 12.0 Å². The first-order chi connectivity index (χ1) is 15.8. The minimum atomic E-state index is 0.613. The summed E-state index contributed by atoms with van der Waals surface area (Å²) in [6.45, 7) is 3.63. The maximum Gasteiger partial charge on any atom is 0.254 e. The summed E-state index contributed by atoms with van der Waals surface area (Å²) >= 11 is 0. The van der Waals surface area contributed by atoms with Crippen molar-refractivity contribution in [3.05, 3.63) is 85.6 Å². The van der Waals surface area contributed by atoms with E-state index in [1.165, 1.54) is 5.69 Å². The van der Waals surface area contributed by atoms with Gasteiger partial charge in [0.1, 0.15) is 0 Å². The lowest BCUT2D eigenvalue weighted by Gasteiger charge is -2.35. The molecule has 1 aliphatic heterocycles. The van der Waals surface area contributed by atoms with Crippen molar-refractivity contribution in [3.8, 4) is 16.9 Å². The predicted octanol–water partition coefficient (Wildman–Crippen LogP) is 3.30. The highest BCUT2D eigenvalue weighted by Crippen LogP contribution is 2.23. The van der Waals surface area contributed by atoms with E-state index >= 15 is 0 Å². The molecule has 3 aromatic heterocycles. The minimum absolute atomic E-state index is 0.613. The van der Waals surface area contributed by atoms with Crippen LogP contribution in [0.1, 0.15) is 0 Å².